The van der Waals surface area contributed by atoms with Crippen molar-refractivity contribution in [1.82, 2.24) is 0 Å². The highest BCUT2D eigenvalue weighted by atomic mass is 32.2. The molecule has 1 N–H and O–H groups in total. The van der Waals surface area contributed by atoms with Crippen LogP contribution in [0.4, 0.5) is 5.69 Å². The zero-order valence-electron chi connectivity index (χ0n) is 10.0. The van der Waals surface area contributed by atoms with Crippen molar-refractivity contribution in [3.05, 3.63) is 46.2 Å². The summed E-state index contributed by atoms with van der Waals surface area (Å²) >= 11 is 1.21. The van der Waals surface area contributed by atoms with Gasteiger partial charge in [0.15, 0.2) is 0 Å². The lowest BCUT2D eigenvalue weighted by Gasteiger charge is -2.08. The lowest BCUT2D eigenvalue weighted by molar-refractivity contribution is 0.103. The van der Waals surface area contributed by atoms with Crippen LogP contribution in [-0.4, -0.2) is 16.4 Å². The van der Waals surface area contributed by atoms with E-state index in [9.17, 15) is 9.00 Å². The molecule has 0 bridgehead atoms. The molecule has 0 radical (unpaired) electrons. The number of thiophene rings is 1. The number of benzene rings is 1. The summed E-state index contributed by atoms with van der Waals surface area (Å²) in [5.74, 6) is -0.357. The van der Waals surface area contributed by atoms with Crippen LogP contribution >= 0.6 is 11.3 Å². The first-order chi connectivity index (χ1) is 9.13. The van der Waals surface area contributed by atoms with Crippen molar-refractivity contribution in [3.63, 3.8) is 0 Å². The molecular weight excluding hydrogens is 280 g/mol. The van der Waals surface area contributed by atoms with Gasteiger partial charge in [-0.3, -0.25) is 9.00 Å². The Morgan fingerprint density at radius 1 is 1.37 bits per heavy atom. The van der Waals surface area contributed by atoms with Crippen molar-refractivity contribution in [2.24, 2.45) is 0 Å². The summed E-state index contributed by atoms with van der Waals surface area (Å²) in [7, 11) is -1.19. The number of anilines is 1. The Morgan fingerprint density at radius 3 is 2.79 bits per heavy atom. The largest absolute Gasteiger partial charge is 0.320 e. The van der Waals surface area contributed by atoms with Crippen LogP contribution in [0.3, 0.4) is 0 Å². The maximum atomic E-state index is 12.1. The van der Waals surface area contributed by atoms with E-state index in [0.29, 0.717) is 21.0 Å². The van der Waals surface area contributed by atoms with Gasteiger partial charge in [0.05, 0.1) is 26.9 Å². The maximum absolute atomic E-state index is 12.1. The number of carbonyl (C=O) groups excluding carboxylic acids is 1. The second-order valence-corrected chi connectivity index (χ2v) is 5.94. The van der Waals surface area contributed by atoms with Gasteiger partial charge >= 0.3 is 0 Å². The van der Waals surface area contributed by atoms with Gasteiger partial charge in [-0.2, -0.15) is 5.26 Å². The van der Waals surface area contributed by atoms with Gasteiger partial charge in [0.1, 0.15) is 10.9 Å². The molecule has 2 rings (SSSR count). The predicted octanol–water partition coefficient (Wildman–Crippen LogP) is 2.61. The molecule has 2 aromatic rings. The van der Waals surface area contributed by atoms with Crippen molar-refractivity contribution in [2.75, 3.05) is 11.6 Å². The second kappa shape index (κ2) is 5.78. The number of nitrogens with zero attached hydrogens (tertiary/aromatic N) is 1. The lowest BCUT2D eigenvalue weighted by atomic mass is 10.2. The fraction of sp³-hybridized carbons (Fsp3) is 0.0769. The fourth-order valence-electron chi connectivity index (χ4n) is 1.57. The van der Waals surface area contributed by atoms with Crippen LogP contribution in [0.5, 0.6) is 0 Å². The molecule has 0 spiro atoms. The number of para-hydroxylation sites is 1. The van der Waals surface area contributed by atoms with Crippen LogP contribution < -0.4 is 5.32 Å². The van der Waals surface area contributed by atoms with E-state index in [1.807, 2.05) is 6.07 Å². The van der Waals surface area contributed by atoms with Crippen LogP contribution in [0.1, 0.15) is 15.2 Å². The van der Waals surface area contributed by atoms with Crippen molar-refractivity contribution >= 4 is 33.7 Å². The van der Waals surface area contributed by atoms with Gasteiger partial charge in [0.2, 0.25) is 0 Å². The number of amides is 1. The van der Waals surface area contributed by atoms with E-state index in [2.05, 4.69) is 5.32 Å². The summed E-state index contributed by atoms with van der Waals surface area (Å²) < 4.78 is 11.6. The highest BCUT2D eigenvalue weighted by Gasteiger charge is 2.15. The van der Waals surface area contributed by atoms with Crippen molar-refractivity contribution in [1.29, 1.82) is 5.26 Å². The zero-order chi connectivity index (χ0) is 13.8. The van der Waals surface area contributed by atoms with Gasteiger partial charge in [0, 0.05) is 6.26 Å². The van der Waals surface area contributed by atoms with E-state index in [-0.39, 0.29) is 5.91 Å². The molecule has 0 fully saturated rings. The molecule has 0 aliphatic carbocycles. The molecule has 1 aromatic heterocycles. The molecule has 1 aromatic carbocycles. The highest BCUT2D eigenvalue weighted by Crippen LogP contribution is 2.22. The van der Waals surface area contributed by atoms with Gasteiger partial charge in [-0.05, 0) is 23.6 Å². The number of hydrogen-bond acceptors (Lipinski definition) is 4. The maximum Gasteiger partial charge on any atom is 0.267 e. The van der Waals surface area contributed by atoms with Crippen LogP contribution in [0.25, 0.3) is 0 Å². The average molecular weight is 290 g/mol. The number of nitrogens with one attached hydrogen (secondary N) is 1. The third-order valence-corrected chi connectivity index (χ3v) is 4.33. The number of hydrogen-bond donors (Lipinski definition) is 1. The molecule has 0 aliphatic rings. The Morgan fingerprint density at radius 2 is 2.11 bits per heavy atom. The standard InChI is InChI=1S/C13H10N2O2S2/c1-19(17)11-5-3-2-4-10(11)15-13(16)12-9(8-14)6-7-18-12/h2-7H,1H3,(H,15,16). The van der Waals surface area contributed by atoms with Gasteiger partial charge in [-0.15, -0.1) is 11.3 Å². The van der Waals surface area contributed by atoms with E-state index in [0.717, 1.165) is 0 Å². The van der Waals surface area contributed by atoms with Gasteiger partial charge in [0.25, 0.3) is 5.91 Å². The van der Waals surface area contributed by atoms with E-state index in [1.54, 1.807) is 42.0 Å². The van der Waals surface area contributed by atoms with Gasteiger partial charge in [-0.25, -0.2) is 0 Å². The van der Waals surface area contributed by atoms with Crippen LogP contribution in [-0.2, 0) is 10.8 Å². The minimum atomic E-state index is -1.19. The minimum Gasteiger partial charge on any atom is -0.320 e. The first kappa shape index (κ1) is 13.5. The molecule has 1 atom stereocenters. The van der Waals surface area contributed by atoms with Crippen LogP contribution in [0.15, 0.2) is 40.6 Å². The molecule has 1 unspecified atom stereocenters. The summed E-state index contributed by atoms with van der Waals surface area (Å²) in [5, 5.41) is 13.3. The van der Waals surface area contributed by atoms with Gasteiger partial charge in [-0.1, -0.05) is 12.1 Å². The minimum absolute atomic E-state index is 0.345. The number of nitriles is 1. The van der Waals surface area contributed by atoms with Crippen LogP contribution in [0, 0.1) is 11.3 Å². The Bertz CT molecular complexity index is 686. The van der Waals surface area contributed by atoms with Crippen LogP contribution in [0.2, 0.25) is 0 Å². The van der Waals surface area contributed by atoms with E-state index < -0.39 is 10.8 Å². The van der Waals surface area contributed by atoms with Crippen molar-refractivity contribution in [2.45, 2.75) is 4.90 Å². The number of carbonyl (C=O) groups is 1. The number of rotatable bonds is 3. The Kier molecular flexibility index (Phi) is 4.10. The van der Waals surface area contributed by atoms with Crippen molar-refractivity contribution < 1.29 is 9.00 Å². The quantitative estimate of drug-likeness (QED) is 0.944. The van der Waals surface area contributed by atoms with E-state index in [1.165, 1.54) is 11.3 Å². The molecule has 4 nitrogen and oxygen atoms in total. The smallest absolute Gasteiger partial charge is 0.267 e. The normalized spacial score (nSPS) is 11.6. The Labute approximate surface area is 117 Å². The molecule has 1 amide bonds. The first-order valence-electron chi connectivity index (χ1n) is 5.35. The third-order valence-electron chi connectivity index (χ3n) is 2.44. The third kappa shape index (κ3) is 2.89. The summed E-state index contributed by atoms with van der Waals surface area (Å²) in [6, 6.07) is 10.5. The molecule has 0 aliphatic heterocycles. The molecular formula is C13H10N2O2S2. The summed E-state index contributed by atoms with van der Waals surface area (Å²) in [6.45, 7) is 0. The SMILES string of the molecule is CS(=O)c1ccccc1NC(=O)c1sccc1C#N. The fourth-order valence-corrected chi connectivity index (χ4v) is 3.01. The monoisotopic (exact) mass is 290 g/mol. The van der Waals surface area contributed by atoms with E-state index >= 15 is 0 Å². The topological polar surface area (TPSA) is 70.0 Å². The molecule has 19 heavy (non-hydrogen) atoms. The predicted molar refractivity (Wildman–Crippen MR) is 75.8 cm³/mol. The first-order valence-corrected chi connectivity index (χ1v) is 7.78. The molecule has 6 heteroatoms. The molecule has 96 valence electrons. The molecule has 1 heterocycles. The molecule has 0 saturated heterocycles. The summed E-state index contributed by atoms with van der Waals surface area (Å²) in [4.78, 5) is 13.0. The van der Waals surface area contributed by atoms with Crippen molar-refractivity contribution in [3.8, 4) is 6.07 Å². The zero-order valence-corrected chi connectivity index (χ0v) is 11.7. The van der Waals surface area contributed by atoms with Gasteiger partial charge < -0.3 is 5.32 Å². The lowest BCUT2D eigenvalue weighted by Crippen LogP contribution is -2.13. The highest BCUT2D eigenvalue weighted by molar-refractivity contribution is 7.84. The summed E-state index contributed by atoms with van der Waals surface area (Å²) in [5.41, 5.74) is 0.850. The Balaban J connectivity index is 2.30. The summed E-state index contributed by atoms with van der Waals surface area (Å²) in [6.07, 6.45) is 1.55. The average Bonchev–Trinajstić information content (AvgIpc) is 2.87. The second-order valence-electron chi connectivity index (χ2n) is 3.68. The Hall–Kier alpha value is -1.97. The van der Waals surface area contributed by atoms with E-state index in [4.69, 9.17) is 5.26 Å². The molecule has 0 saturated carbocycles.